The molecule has 0 aliphatic rings. The van der Waals surface area contributed by atoms with Gasteiger partial charge in [0.1, 0.15) is 0 Å². The van der Waals surface area contributed by atoms with Crippen LogP contribution in [0.2, 0.25) is 0 Å². The summed E-state index contributed by atoms with van der Waals surface area (Å²) in [6, 6.07) is 1.27. The van der Waals surface area contributed by atoms with Gasteiger partial charge in [-0.15, -0.1) is 0 Å². The number of rotatable bonds is 5. The number of nitro groups is 1. The van der Waals surface area contributed by atoms with Gasteiger partial charge in [-0.25, -0.2) is 0 Å². The van der Waals surface area contributed by atoms with Crippen LogP contribution >= 0.6 is 11.3 Å². The fraction of sp³-hybridized carbons (Fsp3) is 0.375. The Balaban J connectivity index is 2.54. The van der Waals surface area contributed by atoms with Gasteiger partial charge in [0.05, 0.1) is 10.5 Å². The van der Waals surface area contributed by atoms with Crippen LogP contribution in [0, 0.1) is 10.1 Å². The summed E-state index contributed by atoms with van der Waals surface area (Å²) < 4.78 is 0. The molecule has 1 rings (SSSR count). The average molecular weight is 229 g/mol. The monoisotopic (exact) mass is 229 g/mol. The second-order valence-corrected chi connectivity index (χ2v) is 3.72. The van der Waals surface area contributed by atoms with E-state index in [0.29, 0.717) is 25.1 Å². The smallest absolute Gasteiger partial charge is 0.324 e. The molecule has 1 heterocycles. The van der Waals surface area contributed by atoms with Crippen LogP contribution in [0.5, 0.6) is 0 Å². The van der Waals surface area contributed by atoms with E-state index in [0.717, 1.165) is 11.3 Å². The van der Waals surface area contributed by atoms with Gasteiger partial charge < -0.3 is 11.1 Å². The van der Waals surface area contributed by atoms with Crippen LogP contribution in [0.15, 0.2) is 11.4 Å². The van der Waals surface area contributed by atoms with Crippen molar-refractivity contribution in [1.82, 2.24) is 5.32 Å². The lowest BCUT2D eigenvalue weighted by Crippen LogP contribution is -2.25. The summed E-state index contributed by atoms with van der Waals surface area (Å²) in [6.07, 6.45) is 0.692. The maximum absolute atomic E-state index is 11.4. The summed E-state index contributed by atoms with van der Waals surface area (Å²) in [7, 11) is 0. The Morgan fingerprint density at radius 1 is 1.67 bits per heavy atom. The molecule has 82 valence electrons. The minimum atomic E-state index is -0.513. The largest absolute Gasteiger partial charge is 0.352 e. The Labute approximate surface area is 90.2 Å². The van der Waals surface area contributed by atoms with Gasteiger partial charge in [-0.2, -0.15) is 0 Å². The highest BCUT2D eigenvalue weighted by Gasteiger charge is 2.14. The third-order valence-corrected chi connectivity index (χ3v) is 2.57. The highest BCUT2D eigenvalue weighted by atomic mass is 32.1. The molecule has 1 aromatic rings. The number of nitrogens with two attached hydrogens (primary N) is 1. The van der Waals surface area contributed by atoms with Crippen molar-refractivity contribution in [2.45, 2.75) is 6.42 Å². The zero-order valence-electron chi connectivity index (χ0n) is 7.93. The maximum Gasteiger partial charge on any atom is 0.324 e. The minimum Gasteiger partial charge on any atom is -0.352 e. The van der Waals surface area contributed by atoms with Crippen molar-refractivity contribution in [3.05, 3.63) is 27.1 Å². The Bertz CT molecular complexity index is 364. The van der Waals surface area contributed by atoms with Gasteiger partial charge in [-0.3, -0.25) is 14.9 Å². The number of hydrogen-bond acceptors (Lipinski definition) is 5. The number of nitrogens with zero attached hydrogens (tertiary/aromatic N) is 1. The first-order chi connectivity index (χ1) is 7.15. The van der Waals surface area contributed by atoms with Crippen LogP contribution < -0.4 is 11.1 Å². The zero-order valence-corrected chi connectivity index (χ0v) is 8.75. The fourth-order valence-electron chi connectivity index (χ4n) is 0.946. The van der Waals surface area contributed by atoms with Crippen molar-refractivity contribution >= 4 is 22.2 Å². The maximum atomic E-state index is 11.4. The molecule has 0 saturated heterocycles. The lowest BCUT2D eigenvalue weighted by atomic mass is 10.3. The number of hydrogen-bond donors (Lipinski definition) is 2. The Kier molecular flexibility index (Phi) is 4.19. The molecule has 1 aromatic heterocycles. The molecule has 0 fully saturated rings. The Morgan fingerprint density at radius 3 is 2.93 bits per heavy atom. The normalized spacial score (nSPS) is 9.93. The molecule has 0 atom stereocenters. The van der Waals surface area contributed by atoms with Gasteiger partial charge in [0.15, 0.2) is 0 Å². The predicted molar refractivity (Wildman–Crippen MR) is 57.0 cm³/mol. The van der Waals surface area contributed by atoms with Gasteiger partial charge in [0.25, 0.3) is 5.91 Å². The summed E-state index contributed by atoms with van der Waals surface area (Å²) in [6.45, 7) is 0.989. The van der Waals surface area contributed by atoms with E-state index in [1.807, 2.05) is 0 Å². The molecule has 0 radical (unpaired) electrons. The van der Waals surface area contributed by atoms with Crippen LogP contribution in [0.3, 0.4) is 0 Å². The third-order valence-electron chi connectivity index (χ3n) is 1.69. The first kappa shape index (κ1) is 11.6. The molecule has 0 aliphatic carbocycles. The molecule has 0 aliphatic heterocycles. The summed E-state index contributed by atoms with van der Waals surface area (Å²) in [5.74, 6) is -0.298. The van der Waals surface area contributed by atoms with Crippen molar-refractivity contribution < 1.29 is 9.72 Å². The van der Waals surface area contributed by atoms with Crippen LogP contribution in [0.25, 0.3) is 0 Å². The van der Waals surface area contributed by atoms with E-state index >= 15 is 0 Å². The van der Waals surface area contributed by atoms with E-state index in [1.54, 1.807) is 0 Å². The van der Waals surface area contributed by atoms with E-state index < -0.39 is 4.92 Å². The molecular weight excluding hydrogens is 218 g/mol. The number of nitrogens with one attached hydrogen (secondary N) is 1. The standard InChI is InChI=1S/C8H11N3O3S/c9-2-1-3-10-8(12)6-4-7(11(13)14)15-5-6/h4-5H,1-3,9H2,(H,10,12). The summed E-state index contributed by atoms with van der Waals surface area (Å²) in [5, 5.41) is 14.4. The second-order valence-electron chi connectivity index (χ2n) is 2.83. The van der Waals surface area contributed by atoms with Gasteiger partial charge in [-0.05, 0) is 13.0 Å². The number of carbonyl (C=O) groups is 1. The number of thiophene rings is 1. The van der Waals surface area contributed by atoms with Crippen molar-refractivity contribution in [2.75, 3.05) is 13.1 Å². The molecule has 0 bridgehead atoms. The Hall–Kier alpha value is -1.47. The van der Waals surface area contributed by atoms with Crippen LogP contribution in [-0.4, -0.2) is 23.9 Å². The van der Waals surface area contributed by atoms with E-state index in [1.165, 1.54) is 11.4 Å². The lowest BCUT2D eigenvalue weighted by Gasteiger charge is -2.00. The van der Waals surface area contributed by atoms with Crippen LogP contribution in [0.4, 0.5) is 5.00 Å². The molecule has 0 unspecified atom stereocenters. The van der Waals surface area contributed by atoms with Crippen molar-refractivity contribution in [3.63, 3.8) is 0 Å². The van der Waals surface area contributed by atoms with Crippen molar-refractivity contribution in [2.24, 2.45) is 5.73 Å². The molecule has 0 saturated carbocycles. The van der Waals surface area contributed by atoms with E-state index in [2.05, 4.69) is 5.32 Å². The van der Waals surface area contributed by atoms with E-state index in [4.69, 9.17) is 5.73 Å². The second kappa shape index (κ2) is 5.42. The quantitative estimate of drug-likeness (QED) is 0.442. The van der Waals surface area contributed by atoms with Crippen LogP contribution in [0.1, 0.15) is 16.8 Å². The minimum absolute atomic E-state index is 0.0287. The molecule has 6 nitrogen and oxygen atoms in total. The van der Waals surface area contributed by atoms with Crippen molar-refractivity contribution in [3.8, 4) is 0 Å². The zero-order chi connectivity index (χ0) is 11.3. The van der Waals surface area contributed by atoms with Crippen LogP contribution in [-0.2, 0) is 0 Å². The third kappa shape index (κ3) is 3.30. The SMILES string of the molecule is NCCCNC(=O)c1csc([N+](=O)[O-])c1. The molecule has 7 heteroatoms. The molecule has 0 spiro atoms. The topological polar surface area (TPSA) is 98.3 Å². The molecular formula is C8H11N3O3S. The Morgan fingerprint density at radius 2 is 2.40 bits per heavy atom. The summed E-state index contributed by atoms with van der Waals surface area (Å²) in [5.41, 5.74) is 5.58. The van der Waals surface area contributed by atoms with Gasteiger partial charge in [0, 0.05) is 18.0 Å². The van der Waals surface area contributed by atoms with E-state index in [-0.39, 0.29) is 10.9 Å². The number of carbonyl (C=O) groups excluding carboxylic acids is 1. The molecule has 1 amide bonds. The average Bonchev–Trinajstić information content (AvgIpc) is 2.66. The molecule has 3 N–H and O–H groups in total. The fourth-order valence-corrected chi connectivity index (χ4v) is 1.65. The summed E-state index contributed by atoms with van der Waals surface area (Å²) in [4.78, 5) is 21.2. The highest BCUT2D eigenvalue weighted by Crippen LogP contribution is 2.22. The number of amides is 1. The first-order valence-electron chi connectivity index (χ1n) is 4.36. The lowest BCUT2D eigenvalue weighted by molar-refractivity contribution is -0.380. The molecule has 15 heavy (non-hydrogen) atoms. The van der Waals surface area contributed by atoms with E-state index in [9.17, 15) is 14.9 Å². The first-order valence-corrected chi connectivity index (χ1v) is 5.24. The predicted octanol–water partition coefficient (Wildman–Crippen LogP) is 0.735. The van der Waals surface area contributed by atoms with Gasteiger partial charge >= 0.3 is 5.00 Å². The molecule has 0 aromatic carbocycles. The van der Waals surface area contributed by atoms with Gasteiger partial charge in [-0.1, -0.05) is 11.3 Å². The van der Waals surface area contributed by atoms with Gasteiger partial charge in [0.2, 0.25) is 0 Å². The van der Waals surface area contributed by atoms with Crippen molar-refractivity contribution in [1.29, 1.82) is 0 Å². The highest BCUT2D eigenvalue weighted by molar-refractivity contribution is 7.13. The summed E-state index contributed by atoms with van der Waals surface area (Å²) >= 11 is 0.941.